The van der Waals surface area contributed by atoms with Crippen LogP contribution >= 0.6 is 35.0 Å². The van der Waals surface area contributed by atoms with Crippen LogP contribution in [-0.4, -0.2) is 18.5 Å². The lowest BCUT2D eigenvalue weighted by atomic mass is 10.2. The van der Waals surface area contributed by atoms with Crippen molar-refractivity contribution in [3.63, 3.8) is 0 Å². The third-order valence-corrected chi connectivity index (χ3v) is 6.17. The molecule has 1 amide bonds. The largest absolute Gasteiger partial charge is 0.495 e. The Kier molecular flexibility index (Phi) is 7.15. The minimum absolute atomic E-state index is 0.168. The third-order valence-electron chi connectivity index (χ3n) is 4.67. The van der Waals surface area contributed by atoms with Gasteiger partial charge in [0.25, 0.3) is 5.91 Å². The van der Waals surface area contributed by atoms with E-state index in [1.165, 1.54) is 11.8 Å². The van der Waals surface area contributed by atoms with Gasteiger partial charge in [-0.1, -0.05) is 65.3 Å². The number of methoxy groups -OCH3 is 1. The standard InChI is InChI=1S/C24H20Cl2N2O3S/c1-30-21-10-9-18(26)13-19(21)27-24-28-23(29)22(32-24)12-16-6-2-3-8-20(16)31-14-15-5-4-7-17(25)11-15/h2-13,24,27H,14H2,1H3,(H,28,29)/b22-12-. The Balaban J connectivity index is 1.48. The number of thioether (sulfide) groups is 1. The quantitative estimate of drug-likeness (QED) is 0.390. The maximum Gasteiger partial charge on any atom is 0.260 e. The summed E-state index contributed by atoms with van der Waals surface area (Å²) >= 11 is 13.5. The van der Waals surface area contributed by atoms with Crippen molar-refractivity contribution in [3.05, 3.63) is 92.8 Å². The van der Waals surface area contributed by atoms with Gasteiger partial charge in [-0.05, 0) is 48.0 Å². The van der Waals surface area contributed by atoms with Gasteiger partial charge in [0.2, 0.25) is 0 Å². The van der Waals surface area contributed by atoms with Gasteiger partial charge in [0.1, 0.15) is 18.1 Å². The van der Waals surface area contributed by atoms with E-state index in [0.29, 0.717) is 38.7 Å². The average Bonchev–Trinajstić information content (AvgIpc) is 3.12. The van der Waals surface area contributed by atoms with Crippen LogP contribution in [0, 0.1) is 0 Å². The minimum atomic E-state index is -0.361. The van der Waals surface area contributed by atoms with Crippen LogP contribution < -0.4 is 20.1 Å². The molecule has 3 aromatic carbocycles. The molecule has 1 heterocycles. The second-order valence-electron chi connectivity index (χ2n) is 6.93. The highest BCUT2D eigenvalue weighted by molar-refractivity contribution is 8.05. The van der Waals surface area contributed by atoms with Crippen molar-refractivity contribution in [3.8, 4) is 11.5 Å². The lowest BCUT2D eigenvalue weighted by Crippen LogP contribution is -2.31. The van der Waals surface area contributed by atoms with Crippen molar-refractivity contribution >= 4 is 52.6 Å². The summed E-state index contributed by atoms with van der Waals surface area (Å²) in [5.74, 6) is 1.15. The van der Waals surface area contributed by atoms with Crippen LogP contribution in [0.1, 0.15) is 11.1 Å². The van der Waals surface area contributed by atoms with E-state index < -0.39 is 0 Å². The van der Waals surface area contributed by atoms with E-state index in [9.17, 15) is 4.79 Å². The topological polar surface area (TPSA) is 59.6 Å². The number of anilines is 1. The van der Waals surface area contributed by atoms with Gasteiger partial charge in [-0.2, -0.15) is 0 Å². The zero-order chi connectivity index (χ0) is 22.5. The highest BCUT2D eigenvalue weighted by Crippen LogP contribution is 2.35. The van der Waals surface area contributed by atoms with E-state index in [-0.39, 0.29) is 11.4 Å². The number of hydrogen-bond acceptors (Lipinski definition) is 5. The Bertz CT molecular complexity index is 1170. The first-order chi connectivity index (χ1) is 15.5. The van der Waals surface area contributed by atoms with E-state index in [1.807, 2.05) is 54.6 Å². The molecular formula is C24H20Cl2N2O3S. The first kappa shape index (κ1) is 22.4. The molecule has 164 valence electrons. The summed E-state index contributed by atoms with van der Waals surface area (Å²) in [5.41, 5.74) is 2.12. The number of ether oxygens (including phenoxy) is 2. The fourth-order valence-corrected chi connectivity index (χ4v) is 4.51. The normalized spacial score (nSPS) is 16.7. The van der Waals surface area contributed by atoms with Crippen molar-refractivity contribution in [1.82, 2.24) is 5.32 Å². The number of benzene rings is 3. The number of nitrogens with one attached hydrogen (secondary N) is 2. The predicted octanol–water partition coefficient (Wildman–Crippen LogP) is 6.18. The second-order valence-corrected chi connectivity index (χ2v) is 8.95. The van der Waals surface area contributed by atoms with Crippen LogP contribution in [0.5, 0.6) is 11.5 Å². The summed E-state index contributed by atoms with van der Waals surface area (Å²) in [5, 5.41) is 7.40. The van der Waals surface area contributed by atoms with Crippen LogP contribution in [0.3, 0.4) is 0 Å². The van der Waals surface area contributed by atoms with Gasteiger partial charge in [0.15, 0.2) is 5.50 Å². The van der Waals surface area contributed by atoms with Gasteiger partial charge in [-0.25, -0.2) is 0 Å². The van der Waals surface area contributed by atoms with Crippen LogP contribution in [0.4, 0.5) is 5.69 Å². The van der Waals surface area contributed by atoms with Crippen molar-refractivity contribution in [2.24, 2.45) is 0 Å². The number of hydrogen-bond donors (Lipinski definition) is 2. The molecule has 0 saturated carbocycles. The molecule has 0 spiro atoms. The fraction of sp³-hybridized carbons (Fsp3) is 0.125. The van der Waals surface area contributed by atoms with Gasteiger partial charge in [0.05, 0.1) is 17.7 Å². The molecule has 4 rings (SSSR count). The molecule has 1 saturated heterocycles. The monoisotopic (exact) mass is 486 g/mol. The Morgan fingerprint density at radius 2 is 1.84 bits per heavy atom. The lowest BCUT2D eigenvalue weighted by Gasteiger charge is -2.15. The molecule has 3 aromatic rings. The molecule has 2 N–H and O–H groups in total. The summed E-state index contributed by atoms with van der Waals surface area (Å²) in [6.45, 7) is 0.374. The highest BCUT2D eigenvalue weighted by atomic mass is 35.5. The van der Waals surface area contributed by atoms with Crippen LogP contribution in [-0.2, 0) is 11.4 Å². The summed E-state index contributed by atoms with van der Waals surface area (Å²) < 4.78 is 11.4. The smallest absolute Gasteiger partial charge is 0.260 e. The highest BCUT2D eigenvalue weighted by Gasteiger charge is 2.28. The molecule has 0 bridgehead atoms. The molecule has 0 radical (unpaired) electrons. The Hall–Kier alpha value is -2.80. The first-order valence-corrected chi connectivity index (χ1v) is 11.4. The first-order valence-electron chi connectivity index (χ1n) is 9.77. The van der Waals surface area contributed by atoms with Crippen LogP contribution in [0.2, 0.25) is 10.0 Å². The Labute approximate surface area is 200 Å². The lowest BCUT2D eigenvalue weighted by molar-refractivity contribution is -0.116. The van der Waals surface area contributed by atoms with Gasteiger partial charge in [-0.15, -0.1) is 0 Å². The molecule has 0 aromatic heterocycles. The van der Waals surface area contributed by atoms with E-state index in [4.69, 9.17) is 32.7 Å². The Morgan fingerprint density at radius 3 is 2.66 bits per heavy atom. The van der Waals surface area contributed by atoms with Gasteiger partial charge in [-0.3, -0.25) is 4.79 Å². The number of para-hydroxylation sites is 1. The molecule has 0 aliphatic carbocycles. The number of halogens is 2. The third kappa shape index (κ3) is 5.51. The second kappa shape index (κ2) is 10.2. The summed E-state index contributed by atoms with van der Waals surface area (Å²) in [6, 6.07) is 20.4. The molecule has 1 aliphatic rings. The summed E-state index contributed by atoms with van der Waals surface area (Å²) in [7, 11) is 1.58. The van der Waals surface area contributed by atoms with Crippen LogP contribution in [0.15, 0.2) is 71.6 Å². The molecule has 5 nitrogen and oxygen atoms in total. The number of rotatable bonds is 7. The fourth-order valence-electron chi connectivity index (χ4n) is 3.16. The van der Waals surface area contributed by atoms with Crippen molar-refractivity contribution in [2.45, 2.75) is 12.1 Å². The van der Waals surface area contributed by atoms with E-state index in [0.717, 1.165) is 11.1 Å². The molecule has 32 heavy (non-hydrogen) atoms. The maximum absolute atomic E-state index is 12.6. The SMILES string of the molecule is COc1ccc(Cl)cc1NC1NC(=O)/C(=C/c2ccccc2OCc2cccc(Cl)c2)S1. The summed E-state index contributed by atoms with van der Waals surface area (Å²) in [4.78, 5) is 13.1. The molecule has 8 heteroatoms. The maximum atomic E-state index is 12.6. The summed E-state index contributed by atoms with van der Waals surface area (Å²) in [6.07, 6.45) is 1.82. The van der Waals surface area contributed by atoms with Gasteiger partial charge in [0, 0.05) is 15.6 Å². The minimum Gasteiger partial charge on any atom is -0.495 e. The molecular weight excluding hydrogens is 467 g/mol. The van der Waals surface area contributed by atoms with Crippen molar-refractivity contribution < 1.29 is 14.3 Å². The number of carbonyl (C=O) groups is 1. The number of carbonyl (C=O) groups excluding carboxylic acids is 1. The van der Waals surface area contributed by atoms with E-state index in [2.05, 4.69) is 10.6 Å². The average molecular weight is 487 g/mol. The van der Waals surface area contributed by atoms with E-state index >= 15 is 0 Å². The van der Waals surface area contributed by atoms with Crippen LogP contribution in [0.25, 0.3) is 6.08 Å². The van der Waals surface area contributed by atoms with Crippen molar-refractivity contribution in [1.29, 1.82) is 0 Å². The molecule has 1 fully saturated rings. The Morgan fingerprint density at radius 1 is 1.03 bits per heavy atom. The molecule has 1 unspecified atom stereocenters. The number of amides is 1. The van der Waals surface area contributed by atoms with Crippen molar-refractivity contribution in [2.75, 3.05) is 12.4 Å². The molecule has 1 atom stereocenters. The van der Waals surface area contributed by atoms with Gasteiger partial charge >= 0.3 is 0 Å². The van der Waals surface area contributed by atoms with E-state index in [1.54, 1.807) is 25.3 Å². The zero-order valence-corrected chi connectivity index (χ0v) is 19.4. The van der Waals surface area contributed by atoms with Gasteiger partial charge < -0.3 is 20.1 Å². The zero-order valence-electron chi connectivity index (χ0n) is 17.1. The predicted molar refractivity (Wildman–Crippen MR) is 131 cm³/mol. The molecule has 1 aliphatic heterocycles.